The first-order valence-electron chi connectivity index (χ1n) is 5.85. The zero-order valence-corrected chi connectivity index (χ0v) is 11.4. The molecular formula is C14H16N2OS. The van der Waals surface area contributed by atoms with Crippen LogP contribution >= 0.6 is 11.3 Å². The minimum Gasteiger partial charge on any atom is -0.449 e. The first-order chi connectivity index (χ1) is 8.62. The van der Waals surface area contributed by atoms with Crippen molar-refractivity contribution in [3.8, 4) is 6.07 Å². The van der Waals surface area contributed by atoms with Gasteiger partial charge in [-0.1, -0.05) is 19.9 Å². The Labute approximate surface area is 111 Å². The number of rotatable bonds is 5. The molecule has 18 heavy (non-hydrogen) atoms. The Hall–Kier alpha value is -1.57. The second kappa shape index (κ2) is 5.38. The SMILES string of the molecule is CC(C)(CNCc1ccc(C#N)o1)c1cccs1. The molecule has 0 amide bonds. The molecule has 0 aliphatic heterocycles. The first-order valence-corrected chi connectivity index (χ1v) is 6.73. The summed E-state index contributed by atoms with van der Waals surface area (Å²) < 4.78 is 5.32. The smallest absolute Gasteiger partial charge is 0.203 e. The minimum atomic E-state index is 0.110. The van der Waals surface area contributed by atoms with Crippen LogP contribution < -0.4 is 5.32 Å². The van der Waals surface area contributed by atoms with Gasteiger partial charge in [-0.05, 0) is 23.6 Å². The summed E-state index contributed by atoms with van der Waals surface area (Å²) in [4.78, 5) is 1.37. The van der Waals surface area contributed by atoms with E-state index in [-0.39, 0.29) is 5.41 Å². The standard InChI is InChI=1S/C14H16N2OS/c1-14(2,13-4-3-7-18-13)10-16-9-12-6-5-11(8-15)17-12/h3-7,16H,9-10H2,1-2H3. The van der Waals surface area contributed by atoms with Crippen molar-refractivity contribution in [3.05, 3.63) is 46.0 Å². The Morgan fingerprint density at radius 2 is 2.22 bits per heavy atom. The number of hydrogen-bond acceptors (Lipinski definition) is 4. The van der Waals surface area contributed by atoms with E-state index in [0.29, 0.717) is 12.3 Å². The molecule has 2 aromatic heterocycles. The Kier molecular flexibility index (Phi) is 3.85. The van der Waals surface area contributed by atoms with Crippen LogP contribution in [0.2, 0.25) is 0 Å². The van der Waals surface area contributed by atoms with Crippen molar-refractivity contribution >= 4 is 11.3 Å². The van der Waals surface area contributed by atoms with E-state index in [2.05, 4.69) is 36.7 Å². The highest BCUT2D eigenvalue weighted by molar-refractivity contribution is 7.10. The summed E-state index contributed by atoms with van der Waals surface area (Å²) in [5, 5.41) is 14.1. The maximum atomic E-state index is 8.67. The average molecular weight is 260 g/mol. The molecule has 1 N–H and O–H groups in total. The molecule has 2 rings (SSSR count). The lowest BCUT2D eigenvalue weighted by Crippen LogP contribution is -2.31. The van der Waals surface area contributed by atoms with Gasteiger partial charge in [0, 0.05) is 16.8 Å². The molecular weight excluding hydrogens is 244 g/mol. The van der Waals surface area contributed by atoms with Gasteiger partial charge < -0.3 is 9.73 Å². The summed E-state index contributed by atoms with van der Waals surface area (Å²) in [7, 11) is 0. The van der Waals surface area contributed by atoms with E-state index in [4.69, 9.17) is 9.68 Å². The molecule has 0 bridgehead atoms. The third-order valence-corrected chi connectivity index (χ3v) is 4.06. The molecule has 4 heteroatoms. The topological polar surface area (TPSA) is 49.0 Å². The van der Waals surface area contributed by atoms with Crippen LogP contribution in [0.15, 0.2) is 34.1 Å². The molecule has 0 atom stereocenters. The number of hydrogen-bond donors (Lipinski definition) is 1. The lowest BCUT2D eigenvalue weighted by atomic mass is 9.91. The van der Waals surface area contributed by atoms with Crippen molar-refractivity contribution in [2.45, 2.75) is 25.8 Å². The maximum absolute atomic E-state index is 8.67. The molecule has 0 saturated heterocycles. The number of nitrogens with one attached hydrogen (secondary N) is 1. The number of nitrogens with zero attached hydrogens (tertiary/aromatic N) is 1. The fourth-order valence-electron chi connectivity index (χ4n) is 1.78. The third-order valence-electron chi connectivity index (χ3n) is 2.83. The van der Waals surface area contributed by atoms with Crippen LogP contribution in [0.3, 0.4) is 0 Å². The first kappa shape index (κ1) is 12.9. The number of thiophene rings is 1. The summed E-state index contributed by atoms with van der Waals surface area (Å²) in [5.41, 5.74) is 0.110. The van der Waals surface area contributed by atoms with E-state index in [9.17, 15) is 0 Å². The van der Waals surface area contributed by atoms with Crippen molar-refractivity contribution in [1.29, 1.82) is 5.26 Å². The van der Waals surface area contributed by atoms with Crippen LogP contribution in [0.1, 0.15) is 30.2 Å². The predicted molar refractivity (Wildman–Crippen MR) is 72.5 cm³/mol. The van der Waals surface area contributed by atoms with E-state index >= 15 is 0 Å². The van der Waals surface area contributed by atoms with Crippen molar-refractivity contribution < 1.29 is 4.42 Å². The van der Waals surface area contributed by atoms with Gasteiger partial charge in [0.15, 0.2) is 0 Å². The molecule has 0 aliphatic rings. The molecule has 0 fully saturated rings. The van der Waals surface area contributed by atoms with E-state index in [1.54, 1.807) is 17.4 Å². The van der Waals surface area contributed by atoms with Gasteiger partial charge in [-0.15, -0.1) is 11.3 Å². The van der Waals surface area contributed by atoms with Crippen LogP contribution in [0.25, 0.3) is 0 Å². The molecule has 0 radical (unpaired) electrons. The molecule has 2 heterocycles. The van der Waals surface area contributed by atoms with E-state index in [1.807, 2.05) is 12.1 Å². The normalized spacial score (nSPS) is 11.4. The molecule has 0 unspecified atom stereocenters. The minimum absolute atomic E-state index is 0.110. The molecule has 0 aromatic carbocycles. The van der Waals surface area contributed by atoms with Crippen molar-refractivity contribution in [2.24, 2.45) is 0 Å². The summed E-state index contributed by atoms with van der Waals surface area (Å²) in [6.45, 7) is 5.95. The van der Waals surface area contributed by atoms with Gasteiger partial charge in [-0.2, -0.15) is 5.26 Å². The molecule has 2 aromatic rings. The lowest BCUT2D eigenvalue weighted by Gasteiger charge is -2.23. The molecule has 0 saturated carbocycles. The number of furan rings is 1. The summed E-state index contributed by atoms with van der Waals surface area (Å²) in [5.74, 6) is 1.16. The second-order valence-corrected chi connectivity index (χ2v) is 5.79. The highest BCUT2D eigenvalue weighted by Crippen LogP contribution is 2.26. The molecule has 0 spiro atoms. The quantitative estimate of drug-likeness (QED) is 0.897. The third kappa shape index (κ3) is 3.00. The average Bonchev–Trinajstić information content (AvgIpc) is 3.00. The van der Waals surface area contributed by atoms with Crippen molar-refractivity contribution in [2.75, 3.05) is 6.54 Å². The van der Waals surface area contributed by atoms with Crippen LogP contribution in [0, 0.1) is 11.3 Å². The molecule has 3 nitrogen and oxygen atoms in total. The summed E-state index contributed by atoms with van der Waals surface area (Å²) in [6.07, 6.45) is 0. The van der Waals surface area contributed by atoms with Gasteiger partial charge in [0.2, 0.25) is 5.76 Å². The fourth-order valence-corrected chi connectivity index (χ4v) is 2.63. The highest BCUT2D eigenvalue weighted by Gasteiger charge is 2.21. The number of nitriles is 1. The van der Waals surface area contributed by atoms with Gasteiger partial charge in [-0.3, -0.25) is 0 Å². The molecule has 94 valence electrons. The van der Waals surface area contributed by atoms with Crippen LogP contribution in [0.4, 0.5) is 0 Å². The Morgan fingerprint density at radius 1 is 1.39 bits per heavy atom. The summed E-state index contributed by atoms with van der Waals surface area (Å²) >= 11 is 1.78. The van der Waals surface area contributed by atoms with Crippen LogP contribution in [0.5, 0.6) is 0 Å². The monoisotopic (exact) mass is 260 g/mol. The van der Waals surface area contributed by atoms with Crippen LogP contribution in [-0.2, 0) is 12.0 Å². The fraction of sp³-hybridized carbons (Fsp3) is 0.357. The Bertz CT molecular complexity index is 534. The van der Waals surface area contributed by atoms with Crippen molar-refractivity contribution in [3.63, 3.8) is 0 Å². The highest BCUT2D eigenvalue weighted by atomic mass is 32.1. The second-order valence-electron chi connectivity index (χ2n) is 4.84. The Morgan fingerprint density at radius 3 is 2.83 bits per heavy atom. The molecule has 0 aliphatic carbocycles. The van der Waals surface area contributed by atoms with Crippen LogP contribution in [-0.4, -0.2) is 6.54 Å². The van der Waals surface area contributed by atoms with Gasteiger partial charge in [-0.25, -0.2) is 0 Å². The van der Waals surface area contributed by atoms with E-state index in [0.717, 1.165) is 12.3 Å². The van der Waals surface area contributed by atoms with Gasteiger partial charge in [0.1, 0.15) is 11.8 Å². The predicted octanol–water partition coefficient (Wildman–Crippen LogP) is 3.28. The van der Waals surface area contributed by atoms with Gasteiger partial charge >= 0.3 is 0 Å². The Balaban J connectivity index is 1.87. The lowest BCUT2D eigenvalue weighted by molar-refractivity contribution is 0.433. The maximum Gasteiger partial charge on any atom is 0.203 e. The zero-order valence-electron chi connectivity index (χ0n) is 10.6. The van der Waals surface area contributed by atoms with Gasteiger partial charge in [0.25, 0.3) is 0 Å². The van der Waals surface area contributed by atoms with Gasteiger partial charge in [0.05, 0.1) is 6.54 Å². The van der Waals surface area contributed by atoms with E-state index in [1.165, 1.54) is 4.88 Å². The largest absolute Gasteiger partial charge is 0.449 e. The zero-order chi connectivity index (χ0) is 13.0. The van der Waals surface area contributed by atoms with Crippen molar-refractivity contribution in [1.82, 2.24) is 5.32 Å². The summed E-state index contributed by atoms with van der Waals surface area (Å²) in [6, 6.07) is 9.75. The van der Waals surface area contributed by atoms with E-state index < -0.39 is 0 Å².